The zero-order valence-electron chi connectivity index (χ0n) is 12.2. The maximum Gasteiger partial charge on any atom is 0.412 e. The number of methoxy groups -OCH3 is 1. The average molecular weight is 273 g/mol. The van der Waals surface area contributed by atoms with Crippen molar-refractivity contribution >= 4 is 22.6 Å². The van der Waals surface area contributed by atoms with Gasteiger partial charge in [-0.25, -0.2) is 4.79 Å². The van der Waals surface area contributed by atoms with E-state index in [-0.39, 0.29) is 0 Å². The predicted octanol–water partition coefficient (Wildman–Crippen LogP) is 4.20. The molecule has 0 bridgehead atoms. The van der Waals surface area contributed by atoms with Gasteiger partial charge in [0, 0.05) is 17.1 Å². The highest BCUT2D eigenvalue weighted by atomic mass is 16.6. The number of benzene rings is 2. The molecule has 1 amide bonds. The van der Waals surface area contributed by atoms with E-state index in [1.165, 1.54) is 0 Å². The van der Waals surface area contributed by atoms with E-state index in [0.717, 1.165) is 10.8 Å². The molecule has 0 atom stereocenters. The summed E-state index contributed by atoms with van der Waals surface area (Å²) < 4.78 is 10.6. The molecule has 2 aromatic rings. The topological polar surface area (TPSA) is 47.6 Å². The first kappa shape index (κ1) is 14.2. The molecular formula is C16H19NO3. The van der Waals surface area contributed by atoms with Gasteiger partial charge in [0.05, 0.1) is 7.11 Å². The van der Waals surface area contributed by atoms with Crippen molar-refractivity contribution in [2.45, 2.75) is 26.4 Å². The van der Waals surface area contributed by atoms with Crippen LogP contribution >= 0.6 is 0 Å². The van der Waals surface area contributed by atoms with Crippen LogP contribution in [0.4, 0.5) is 10.5 Å². The van der Waals surface area contributed by atoms with Crippen molar-refractivity contribution in [3.63, 3.8) is 0 Å². The Labute approximate surface area is 118 Å². The fraction of sp³-hybridized carbons (Fsp3) is 0.312. The third-order valence-electron chi connectivity index (χ3n) is 2.69. The molecule has 0 saturated heterocycles. The molecule has 0 heterocycles. The summed E-state index contributed by atoms with van der Waals surface area (Å²) in [5.41, 5.74) is 0.125. The second-order valence-corrected chi connectivity index (χ2v) is 5.53. The van der Waals surface area contributed by atoms with Crippen molar-refractivity contribution in [2.24, 2.45) is 0 Å². The van der Waals surface area contributed by atoms with Gasteiger partial charge >= 0.3 is 6.09 Å². The van der Waals surface area contributed by atoms with Gasteiger partial charge in [0.2, 0.25) is 0 Å². The Bertz CT molecular complexity index is 629. The lowest BCUT2D eigenvalue weighted by Crippen LogP contribution is -2.27. The Kier molecular flexibility index (Phi) is 3.84. The predicted molar refractivity (Wildman–Crippen MR) is 80.4 cm³/mol. The second-order valence-electron chi connectivity index (χ2n) is 5.53. The van der Waals surface area contributed by atoms with E-state index < -0.39 is 11.7 Å². The molecule has 2 rings (SSSR count). The summed E-state index contributed by atoms with van der Waals surface area (Å²) in [6.07, 6.45) is -0.477. The number of hydrogen-bond acceptors (Lipinski definition) is 3. The second kappa shape index (κ2) is 5.41. The fourth-order valence-corrected chi connectivity index (χ4v) is 1.94. The molecule has 0 aliphatic rings. The van der Waals surface area contributed by atoms with Gasteiger partial charge in [-0.3, -0.25) is 5.32 Å². The first-order valence-electron chi connectivity index (χ1n) is 6.46. The number of fused-ring (bicyclic) bond motifs is 1. The molecular weight excluding hydrogens is 254 g/mol. The highest BCUT2D eigenvalue weighted by Crippen LogP contribution is 2.29. The highest BCUT2D eigenvalue weighted by molar-refractivity contribution is 5.95. The maximum absolute atomic E-state index is 11.8. The summed E-state index contributed by atoms with van der Waals surface area (Å²) in [6.45, 7) is 5.48. The van der Waals surface area contributed by atoms with Crippen LogP contribution in [0.2, 0.25) is 0 Å². The number of hydrogen-bond donors (Lipinski definition) is 1. The van der Waals surface area contributed by atoms with E-state index >= 15 is 0 Å². The molecule has 4 nitrogen and oxygen atoms in total. The standard InChI is InChI=1S/C16H19NO3/c1-16(2,3)20-15(18)17-12-9-11-7-5-6-8-13(11)14(10-12)19-4/h5-10H,1-4H3,(H,17,18). The summed E-state index contributed by atoms with van der Waals surface area (Å²) in [4.78, 5) is 11.8. The van der Waals surface area contributed by atoms with E-state index in [2.05, 4.69) is 5.32 Å². The molecule has 0 aromatic heterocycles. The lowest BCUT2D eigenvalue weighted by Gasteiger charge is -2.20. The average Bonchev–Trinajstić information content (AvgIpc) is 2.35. The molecule has 1 N–H and O–H groups in total. The highest BCUT2D eigenvalue weighted by Gasteiger charge is 2.16. The molecule has 20 heavy (non-hydrogen) atoms. The monoisotopic (exact) mass is 273 g/mol. The molecule has 0 unspecified atom stereocenters. The van der Waals surface area contributed by atoms with Crippen molar-refractivity contribution in [1.82, 2.24) is 0 Å². The number of anilines is 1. The zero-order valence-corrected chi connectivity index (χ0v) is 12.2. The van der Waals surface area contributed by atoms with Crippen LogP contribution in [0.15, 0.2) is 36.4 Å². The first-order chi connectivity index (χ1) is 9.39. The summed E-state index contributed by atoms with van der Waals surface area (Å²) in [5, 5.41) is 4.73. The van der Waals surface area contributed by atoms with Crippen molar-refractivity contribution in [3.05, 3.63) is 36.4 Å². The van der Waals surface area contributed by atoms with Gasteiger partial charge in [0.15, 0.2) is 0 Å². The van der Waals surface area contributed by atoms with Crippen LogP contribution in [0.25, 0.3) is 10.8 Å². The van der Waals surface area contributed by atoms with Crippen LogP contribution in [-0.4, -0.2) is 18.8 Å². The largest absolute Gasteiger partial charge is 0.496 e. The van der Waals surface area contributed by atoms with E-state index in [0.29, 0.717) is 11.4 Å². The van der Waals surface area contributed by atoms with E-state index in [1.807, 2.05) is 51.1 Å². The normalized spacial score (nSPS) is 11.2. The molecule has 0 aliphatic carbocycles. The van der Waals surface area contributed by atoms with E-state index in [9.17, 15) is 4.79 Å². The number of ether oxygens (including phenoxy) is 2. The SMILES string of the molecule is COc1cc(NC(=O)OC(C)(C)C)cc2ccccc12. The Morgan fingerprint density at radius 3 is 2.50 bits per heavy atom. The molecule has 0 saturated carbocycles. The smallest absolute Gasteiger partial charge is 0.412 e. The lowest BCUT2D eigenvalue weighted by molar-refractivity contribution is 0.0636. The van der Waals surface area contributed by atoms with Gasteiger partial charge in [-0.1, -0.05) is 24.3 Å². The van der Waals surface area contributed by atoms with E-state index in [4.69, 9.17) is 9.47 Å². The van der Waals surface area contributed by atoms with Gasteiger partial charge in [0.1, 0.15) is 11.4 Å². The molecule has 4 heteroatoms. The Hall–Kier alpha value is -2.23. The van der Waals surface area contributed by atoms with Crippen LogP contribution < -0.4 is 10.1 Å². The number of amides is 1. The minimum atomic E-state index is -0.523. The van der Waals surface area contributed by atoms with Crippen LogP contribution in [-0.2, 0) is 4.74 Å². The van der Waals surface area contributed by atoms with Crippen molar-refractivity contribution in [3.8, 4) is 5.75 Å². The molecule has 0 aliphatic heterocycles. The summed E-state index contributed by atoms with van der Waals surface area (Å²) in [7, 11) is 1.61. The Morgan fingerprint density at radius 2 is 1.85 bits per heavy atom. The maximum atomic E-state index is 11.8. The molecule has 0 fully saturated rings. The Balaban J connectivity index is 2.29. The Morgan fingerprint density at radius 1 is 1.15 bits per heavy atom. The van der Waals surface area contributed by atoms with Crippen molar-refractivity contribution in [2.75, 3.05) is 12.4 Å². The molecule has 0 radical (unpaired) electrons. The number of carbonyl (C=O) groups is 1. The third kappa shape index (κ3) is 3.41. The summed E-state index contributed by atoms with van der Waals surface area (Å²) in [5.74, 6) is 0.717. The summed E-state index contributed by atoms with van der Waals surface area (Å²) >= 11 is 0. The molecule has 106 valence electrons. The van der Waals surface area contributed by atoms with Crippen LogP contribution in [0.1, 0.15) is 20.8 Å². The van der Waals surface area contributed by atoms with Crippen molar-refractivity contribution in [1.29, 1.82) is 0 Å². The van der Waals surface area contributed by atoms with E-state index in [1.54, 1.807) is 13.2 Å². The van der Waals surface area contributed by atoms with Crippen LogP contribution in [0.3, 0.4) is 0 Å². The third-order valence-corrected chi connectivity index (χ3v) is 2.69. The minimum absolute atomic E-state index is 0.477. The fourth-order valence-electron chi connectivity index (χ4n) is 1.94. The van der Waals surface area contributed by atoms with Crippen molar-refractivity contribution < 1.29 is 14.3 Å². The lowest BCUT2D eigenvalue weighted by atomic mass is 10.1. The quantitative estimate of drug-likeness (QED) is 0.892. The van der Waals surface area contributed by atoms with Gasteiger partial charge in [-0.05, 0) is 32.2 Å². The first-order valence-corrected chi connectivity index (χ1v) is 6.46. The number of carbonyl (C=O) groups excluding carboxylic acids is 1. The number of rotatable bonds is 2. The zero-order chi connectivity index (χ0) is 14.8. The van der Waals surface area contributed by atoms with Gasteiger partial charge in [-0.15, -0.1) is 0 Å². The summed E-state index contributed by atoms with van der Waals surface area (Å²) in [6, 6.07) is 11.5. The molecule has 2 aromatic carbocycles. The van der Waals surface area contributed by atoms with Gasteiger partial charge in [0.25, 0.3) is 0 Å². The number of nitrogens with one attached hydrogen (secondary N) is 1. The minimum Gasteiger partial charge on any atom is -0.496 e. The van der Waals surface area contributed by atoms with Gasteiger partial charge in [-0.2, -0.15) is 0 Å². The van der Waals surface area contributed by atoms with Crippen LogP contribution in [0.5, 0.6) is 5.75 Å². The van der Waals surface area contributed by atoms with Crippen LogP contribution in [0, 0.1) is 0 Å². The molecule has 0 spiro atoms. The van der Waals surface area contributed by atoms with Gasteiger partial charge < -0.3 is 9.47 Å².